The van der Waals surface area contributed by atoms with E-state index < -0.39 is 0 Å². The number of nitrogens with two attached hydrogens (primary N) is 1. The Labute approximate surface area is 103 Å². The minimum Gasteiger partial charge on any atom is -0.370 e. The molecule has 1 atom stereocenters. The first-order chi connectivity index (χ1) is 8.11. The molecule has 1 heterocycles. The molecule has 1 aliphatic heterocycles. The molecule has 0 fully saturated rings. The van der Waals surface area contributed by atoms with Crippen molar-refractivity contribution in [3.63, 3.8) is 0 Å². The molecule has 4 N–H and O–H groups in total. The van der Waals surface area contributed by atoms with Crippen molar-refractivity contribution in [2.45, 2.75) is 26.9 Å². The summed E-state index contributed by atoms with van der Waals surface area (Å²) in [4.78, 5) is 0. The van der Waals surface area contributed by atoms with Crippen LogP contribution < -0.4 is 16.4 Å². The van der Waals surface area contributed by atoms with Gasteiger partial charge in [-0.25, -0.2) is 0 Å². The summed E-state index contributed by atoms with van der Waals surface area (Å²) in [5, 5.41) is 6.85. The molecule has 92 valence electrons. The standard InChI is InChI=1S/C14H21N3/c1-9-4-5-13(10(2)6-9)14-12(7-15)8-16-11(3)17-14/h4-6,11,16-17H,7-8,15H2,1-3H3. The van der Waals surface area contributed by atoms with E-state index in [0.29, 0.717) is 12.7 Å². The fraction of sp³-hybridized carbons (Fsp3) is 0.429. The van der Waals surface area contributed by atoms with Crippen LogP contribution in [0.1, 0.15) is 23.6 Å². The zero-order valence-electron chi connectivity index (χ0n) is 10.8. The van der Waals surface area contributed by atoms with Crippen molar-refractivity contribution in [3.05, 3.63) is 40.5 Å². The normalized spacial score (nSPS) is 20.4. The molecular weight excluding hydrogens is 210 g/mol. The van der Waals surface area contributed by atoms with Crippen molar-refractivity contribution in [2.24, 2.45) is 5.73 Å². The molecule has 0 saturated carbocycles. The van der Waals surface area contributed by atoms with Gasteiger partial charge in [-0.15, -0.1) is 0 Å². The number of hydrogen-bond acceptors (Lipinski definition) is 3. The fourth-order valence-corrected chi connectivity index (χ4v) is 2.27. The second kappa shape index (κ2) is 4.90. The first-order valence-electron chi connectivity index (χ1n) is 6.11. The van der Waals surface area contributed by atoms with Gasteiger partial charge in [0.2, 0.25) is 0 Å². The predicted molar refractivity (Wildman–Crippen MR) is 72.5 cm³/mol. The summed E-state index contributed by atoms with van der Waals surface area (Å²) in [5.41, 5.74) is 12.1. The largest absolute Gasteiger partial charge is 0.370 e. The maximum atomic E-state index is 5.82. The summed E-state index contributed by atoms with van der Waals surface area (Å²) >= 11 is 0. The average Bonchev–Trinajstić information content (AvgIpc) is 2.29. The summed E-state index contributed by atoms with van der Waals surface area (Å²) in [6, 6.07) is 6.55. The third-order valence-corrected chi connectivity index (χ3v) is 3.23. The molecule has 0 amide bonds. The predicted octanol–water partition coefficient (Wildman–Crippen LogP) is 1.51. The van der Waals surface area contributed by atoms with Gasteiger partial charge in [-0.2, -0.15) is 0 Å². The third-order valence-electron chi connectivity index (χ3n) is 3.23. The molecule has 0 bridgehead atoms. The van der Waals surface area contributed by atoms with Gasteiger partial charge in [-0.1, -0.05) is 23.8 Å². The van der Waals surface area contributed by atoms with E-state index >= 15 is 0 Å². The van der Waals surface area contributed by atoms with Crippen LogP contribution >= 0.6 is 0 Å². The summed E-state index contributed by atoms with van der Waals surface area (Å²) in [6.07, 6.45) is 0.293. The van der Waals surface area contributed by atoms with E-state index in [1.165, 1.54) is 28.0 Å². The number of rotatable bonds is 2. The molecule has 0 saturated heterocycles. The van der Waals surface area contributed by atoms with Gasteiger partial charge in [-0.05, 0) is 31.9 Å². The van der Waals surface area contributed by atoms with Crippen LogP contribution in [0.3, 0.4) is 0 Å². The Morgan fingerprint density at radius 2 is 2.12 bits per heavy atom. The van der Waals surface area contributed by atoms with Gasteiger partial charge in [0.05, 0.1) is 6.17 Å². The highest BCUT2D eigenvalue weighted by Gasteiger charge is 2.17. The van der Waals surface area contributed by atoms with Crippen molar-refractivity contribution in [1.29, 1.82) is 0 Å². The van der Waals surface area contributed by atoms with E-state index in [0.717, 1.165) is 6.54 Å². The molecule has 3 heteroatoms. The van der Waals surface area contributed by atoms with Gasteiger partial charge in [0.1, 0.15) is 0 Å². The minimum absolute atomic E-state index is 0.293. The van der Waals surface area contributed by atoms with Crippen LogP contribution in [0.4, 0.5) is 0 Å². The lowest BCUT2D eigenvalue weighted by Crippen LogP contribution is -2.45. The molecule has 1 aromatic carbocycles. The van der Waals surface area contributed by atoms with Gasteiger partial charge in [0, 0.05) is 24.4 Å². The molecule has 1 aliphatic rings. The highest BCUT2D eigenvalue weighted by molar-refractivity contribution is 5.71. The summed E-state index contributed by atoms with van der Waals surface area (Å²) < 4.78 is 0. The molecule has 1 aromatic rings. The highest BCUT2D eigenvalue weighted by atomic mass is 15.1. The van der Waals surface area contributed by atoms with Crippen molar-refractivity contribution in [1.82, 2.24) is 10.6 Å². The van der Waals surface area contributed by atoms with E-state index in [-0.39, 0.29) is 0 Å². The quantitative estimate of drug-likeness (QED) is 0.723. The summed E-state index contributed by atoms with van der Waals surface area (Å²) in [5.74, 6) is 0. The topological polar surface area (TPSA) is 50.1 Å². The van der Waals surface area contributed by atoms with Gasteiger partial charge < -0.3 is 11.1 Å². The Balaban J connectivity index is 2.45. The fourth-order valence-electron chi connectivity index (χ4n) is 2.27. The average molecular weight is 231 g/mol. The van der Waals surface area contributed by atoms with E-state index in [4.69, 9.17) is 5.73 Å². The number of hydrogen-bond donors (Lipinski definition) is 3. The van der Waals surface area contributed by atoms with Crippen LogP contribution in [-0.4, -0.2) is 19.3 Å². The molecule has 0 aliphatic carbocycles. The lowest BCUT2D eigenvalue weighted by Gasteiger charge is -2.29. The Kier molecular flexibility index (Phi) is 3.50. The first-order valence-corrected chi connectivity index (χ1v) is 6.11. The van der Waals surface area contributed by atoms with Crippen molar-refractivity contribution in [3.8, 4) is 0 Å². The summed E-state index contributed by atoms with van der Waals surface area (Å²) in [6.45, 7) is 7.85. The molecule has 3 nitrogen and oxygen atoms in total. The second-order valence-electron chi connectivity index (χ2n) is 4.75. The highest BCUT2D eigenvalue weighted by Crippen LogP contribution is 2.22. The maximum Gasteiger partial charge on any atom is 0.0742 e. The Bertz CT molecular complexity index is 449. The number of nitrogens with one attached hydrogen (secondary N) is 2. The zero-order chi connectivity index (χ0) is 12.4. The molecule has 2 rings (SSSR count). The minimum atomic E-state index is 0.293. The van der Waals surface area contributed by atoms with Crippen LogP contribution in [0, 0.1) is 13.8 Å². The van der Waals surface area contributed by atoms with E-state index in [2.05, 4.69) is 49.6 Å². The molecule has 0 radical (unpaired) electrons. The van der Waals surface area contributed by atoms with Crippen LogP contribution in [0.2, 0.25) is 0 Å². The molecule has 17 heavy (non-hydrogen) atoms. The van der Waals surface area contributed by atoms with Crippen LogP contribution in [-0.2, 0) is 0 Å². The Morgan fingerprint density at radius 1 is 1.35 bits per heavy atom. The van der Waals surface area contributed by atoms with Gasteiger partial charge >= 0.3 is 0 Å². The monoisotopic (exact) mass is 231 g/mol. The second-order valence-corrected chi connectivity index (χ2v) is 4.75. The smallest absolute Gasteiger partial charge is 0.0742 e. The molecular formula is C14H21N3. The Hall–Kier alpha value is -1.32. The number of benzene rings is 1. The summed E-state index contributed by atoms with van der Waals surface area (Å²) in [7, 11) is 0. The van der Waals surface area contributed by atoms with Crippen molar-refractivity contribution < 1.29 is 0 Å². The third kappa shape index (κ3) is 2.51. The van der Waals surface area contributed by atoms with E-state index in [9.17, 15) is 0 Å². The lowest BCUT2D eigenvalue weighted by molar-refractivity contribution is 0.511. The molecule has 0 spiro atoms. The zero-order valence-corrected chi connectivity index (χ0v) is 10.8. The van der Waals surface area contributed by atoms with E-state index in [1.54, 1.807) is 0 Å². The lowest BCUT2D eigenvalue weighted by atomic mass is 9.98. The molecule has 1 unspecified atom stereocenters. The van der Waals surface area contributed by atoms with Gasteiger partial charge in [0.15, 0.2) is 0 Å². The molecule has 0 aromatic heterocycles. The van der Waals surface area contributed by atoms with Crippen LogP contribution in [0.25, 0.3) is 5.70 Å². The van der Waals surface area contributed by atoms with Crippen LogP contribution in [0.5, 0.6) is 0 Å². The number of aryl methyl sites for hydroxylation is 2. The van der Waals surface area contributed by atoms with Crippen LogP contribution in [0.15, 0.2) is 23.8 Å². The SMILES string of the molecule is Cc1ccc(C2=C(CN)CNC(C)N2)c(C)c1. The van der Waals surface area contributed by atoms with Crippen molar-refractivity contribution >= 4 is 5.70 Å². The maximum absolute atomic E-state index is 5.82. The van der Waals surface area contributed by atoms with Gasteiger partial charge in [-0.3, -0.25) is 5.32 Å². The van der Waals surface area contributed by atoms with E-state index in [1.807, 2.05) is 0 Å². The van der Waals surface area contributed by atoms with Gasteiger partial charge in [0.25, 0.3) is 0 Å². The Morgan fingerprint density at radius 3 is 2.76 bits per heavy atom. The van der Waals surface area contributed by atoms with Crippen molar-refractivity contribution in [2.75, 3.05) is 13.1 Å². The first kappa shape index (κ1) is 12.1.